The van der Waals surface area contributed by atoms with E-state index in [0.717, 1.165) is 11.3 Å². The Hall–Kier alpha value is -1.55. The normalized spacial score (nSPS) is 14.0. The quantitative estimate of drug-likeness (QED) is 0.829. The molecule has 4 nitrogen and oxygen atoms in total. The highest BCUT2D eigenvalue weighted by atomic mass is 16.5. The summed E-state index contributed by atoms with van der Waals surface area (Å²) in [6.07, 6.45) is 0.727. The van der Waals surface area contributed by atoms with Crippen molar-refractivity contribution in [2.75, 3.05) is 0 Å². The van der Waals surface area contributed by atoms with Crippen LogP contribution >= 0.6 is 0 Å². The fourth-order valence-electron chi connectivity index (χ4n) is 1.78. The van der Waals surface area contributed by atoms with Crippen LogP contribution < -0.4 is 15.8 Å². The number of rotatable bonds is 6. The van der Waals surface area contributed by atoms with Crippen LogP contribution in [0.1, 0.15) is 45.7 Å². The van der Waals surface area contributed by atoms with Crippen LogP contribution in [0.3, 0.4) is 0 Å². The first kappa shape index (κ1) is 15.5. The van der Waals surface area contributed by atoms with Gasteiger partial charge in [-0.1, -0.05) is 25.1 Å². The van der Waals surface area contributed by atoms with Crippen molar-refractivity contribution in [1.29, 1.82) is 0 Å². The topological polar surface area (TPSA) is 64.4 Å². The van der Waals surface area contributed by atoms with Crippen molar-refractivity contribution in [2.24, 2.45) is 5.73 Å². The van der Waals surface area contributed by atoms with Gasteiger partial charge in [0.2, 0.25) is 5.91 Å². The van der Waals surface area contributed by atoms with E-state index in [9.17, 15) is 4.79 Å². The zero-order valence-electron chi connectivity index (χ0n) is 12.1. The minimum Gasteiger partial charge on any atom is -0.491 e. The molecule has 1 unspecified atom stereocenters. The van der Waals surface area contributed by atoms with Crippen molar-refractivity contribution in [3.05, 3.63) is 29.8 Å². The molecule has 0 fully saturated rings. The first-order valence-electron chi connectivity index (χ1n) is 6.77. The second-order valence-corrected chi connectivity index (χ2v) is 4.95. The Balaban J connectivity index is 2.81. The van der Waals surface area contributed by atoms with Gasteiger partial charge >= 0.3 is 0 Å². The van der Waals surface area contributed by atoms with Crippen LogP contribution in [0.5, 0.6) is 5.75 Å². The Morgan fingerprint density at radius 3 is 2.53 bits per heavy atom. The van der Waals surface area contributed by atoms with E-state index in [2.05, 4.69) is 5.32 Å². The molecular formula is C15H24N2O2. The van der Waals surface area contributed by atoms with Crippen LogP contribution in [-0.4, -0.2) is 18.1 Å². The van der Waals surface area contributed by atoms with Gasteiger partial charge in [-0.25, -0.2) is 0 Å². The lowest BCUT2D eigenvalue weighted by Gasteiger charge is -2.21. The molecule has 0 saturated heterocycles. The van der Waals surface area contributed by atoms with E-state index in [1.807, 2.05) is 52.0 Å². The number of nitrogens with one attached hydrogen (secondary N) is 1. The van der Waals surface area contributed by atoms with Crippen molar-refractivity contribution in [1.82, 2.24) is 5.32 Å². The zero-order chi connectivity index (χ0) is 14.4. The Morgan fingerprint density at radius 1 is 1.32 bits per heavy atom. The average Bonchev–Trinajstić information content (AvgIpc) is 2.37. The molecule has 0 aliphatic heterocycles. The van der Waals surface area contributed by atoms with Gasteiger partial charge in [-0.3, -0.25) is 4.79 Å². The predicted octanol–water partition coefficient (Wildman–Crippen LogP) is 2.39. The summed E-state index contributed by atoms with van der Waals surface area (Å²) in [5.74, 6) is 0.671. The summed E-state index contributed by atoms with van der Waals surface area (Å²) in [4.78, 5) is 11.8. The van der Waals surface area contributed by atoms with E-state index >= 15 is 0 Å². The number of carbonyl (C=O) groups is 1. The second kappa shape index (κ2) is 7.14. The molecular weight excluding hydrogens is 240 g/mol. The summed E-state index contributed by atoms with van der Waals surface area (Å²) in [6, 6.07) is 7.15. The summed E-state index contributed by atoms with van der Waals surface area (Å²) < 4.78 is 5.75. The van der Waals surface area contributed by atoms with Gasteiger partial charge in [0, 0.05) is 5.56 Å². The zero-order valence-corrected chi connectivity index (χ0v) is 12.1. The summed E-state index contributed by atoms with van der Waals surface area (Å²) in [5, 5.41) is 2.92. The molecule has 0 heterocycles. The molecule has 0 saturated carbocycles. The Bertz CT molecular complexity index is 418. The highest BCUT2D eigenvalue weighted by molar-refractivity contribution is 5.81. The molecule has 1 amide bonds. The standard InChI is InChI=1S/C15H24N2O2/c1-5-13(16)15(18)17-11(4)12-8-6-7-9-14(12)19-10(2)3/h6-11,13H,5,16H2,1-4H3,(H,17,18)/t11?,13-/m1/s1. The molecule has 4 heteroatoms. The van der Waals surface area contributed by atoms with Crippen molar-refractivity contribution in [2.45, 2.75) is 52.3 Å². The summed E-state index contributed by atoms with van der Waals surface area (Å²) in [6.45, 7) is 7.79. The molecule has 0 spiro atoms. The number of amides is 1. The van der Waals surface area contributed by atoms with Crippen LogP contribution in [-0.2, 0) is 4.79 Å². The maximum absolute atomic E-state index is 11.8. The van der Waals surface area contributed by atoms with E-state index in [1.165, 1.54) is 0 Å². The number of para-hydroxylation sites is 1. The lowest BCUT2D eigenvalue weighted by Crippen LogP contribution is -2.41. The number of carbonyl (C=O) groups excluding carboxylic acids is 1. The largest absolute Gasteiger partial charge is 0.491 e. The Morgan fingerprint density at radius 2 is 1.95 bits per heavy atom. The van der Waals surface area contributed by atoms with E-state index in [4.69, 9.17) is 10.5 Å². The Labute approximate surface area is 115 Å². The molecule has 3 N–H and O–H groups in total. The minimum absolute atomic E-state index is 0.0990. The third kappa shape index (κ3) is 4.56. The van der Waals surface area contributed by atoms with Crippen LogP contribution in [0.15, 0.2) is 24.3 Å². The lowest BCUT2D eigenvalue weighted by molar-refractivity contribution is -0.123. The van der Waals surface area contributed by atoms with Gasteiger partial charge in [0.1, 0.15) is 5.75 Å². The molecule has 2 atom stereocenters. The summed E-state index contributed by atoms with van der Waals surface area (Å²) >= 11 is 0. The third-order valence-electron chi connectivity index (χ3n) is 2.88. The maximum Gasteiger partial charge on any atom is 0.237 e. The highest BCUT2D eigenvalue weighted by Gasteiger charge is 2.17. The van der Waals surface area contributed by atoms with Gasteiger partial charge in [0.05, 0.1) is 18.2 Å². The fourth-order valence-corrected chi connectivity index (χ4v) is 1.78. The number of benzene rings is 1. The van der Waals surface area contributed by atoms with Crippen molar-refractivity contribution < 1.29 is 9.53 Å². The number of hydrogen-bond donors (Lipinski definition) is 2. The van der Waals surface area contributed by atoms with Crippen molar-refractivity contribution >= 4 is 5.91 Å². The van der Waals surface area contributed by atoms with Crippen molar-refractivity contribution in [3.63, 3.8) is 0 Å². The smallest absolute Gasteiger partial charge is 0.237 e. The molecule has 106 valence electrons. The summed E-state index contributed by atoms with van der Waals surface area (Å²) in [7, 11) is 0. The SMILES string of the molecule is CC[C@@H](N)C(=O)NC(C)c1ccccc1OC(C)C. The van der Waals surface area contributed by atoms with Gasteiger partial charge in [-0.15, -0.1) is 0 Å². The minimum atomic E-state index is -0.458. The molecule has 0 aromatic heterocycles. The Kier molecular flexibility index (Phi) is 5.83. The first-order valence-corrected chi connectivity index (χ1v) is 6.77. The second-order valence-electron chi connectivity index (χ2n) is 4.95. The third-order valence-corrected chi connectivity index (χ3v) is 2.88. The van der Waals surface area contributed by atoms with Crippen LogP contribution in [0.4, 0.5) is 0 Å². The van der Waals surface area contributed by atoms with E-state index in [-0.39, 0.29) is 18.1 Å². The highest BCUT2D eigenvalue weighted by Crippen LogP contribution is 2.25. The number of nitrogens with two attached hydrogens (primary N) is 1. The first-order chi connectivity index (χ1) is 8.95. The summed E-state index contributed by atoms with van der Waals surface area (Å²) in [5.41, 5.74) is 6.68. The van der Waals surface area contributed by atoms with E-state index in [1.54, 1.807) is 0 Å². The van der Waals surface area contributed by atoms with Crippen molar-refractivity contribution in [3.8, 4) is 5.75 Å². The number of ether oxygens (including phenoxy) is 1. The van der Waals surface area contributed by atoms with Gasteiger partial charge in [0.15, 0.2) is 0 Å². The fraction of sp³-hybridized carbons (Fsp3) is 0.533. The maximum atomic E-state index is 11.8. The molecule has 1 rings (SSSR count). The molecule has 1 aromatic carbocycles. The predicted molar refractivity (Wildman–Crippen MR) is 77.0 cm³/mol. The van der Waals surface area contributed by atoms with Gasteiger partial charge in [-0.2, -0.15) is 0 Å². The molecule has 0 radical (unpaired) electrons. The van der Waals surface area contributed by atoms with Crippen LogP contribution in [0.2, 0.25) is 0 Å². The molecule has 0 aliphatic rings. The van der Waals surface area contributed by atoms with Crippen LogP contribution in [0.25, 0.3) is 0 Å². The van der Waals surface area contributed by atoms with Crippen LogP contribution in [0, 0.1) is 0 Å². The lowest BCUT2D eigenvalue weighted by atomic mass is 10.1. The van der Waals surface area contributed by atoms with Gasteiger partial charge < -0.3 is 15.8 Å². The monoisotopic (exact) mass is 264 g/mol. The van der Waals surface area contributed by atoms with E-state index < -0.39 is 6.04 Å². The van der Waals surface area contributed by atoms with Gasteiger partial charge in [0.25, 0.3) is 0 Å². The molecule has 19 heavy (non-hydrogen) atoms. The molecule has 1 aromatic rings. The van der Waals surface area contributed by atoms with Gasteiger partial charge in [-0.05, 0) is 33.3 Å². The molecule has 0 bridgehead atoms. The molecule has 0 aliphatic carbocycles. The van der Waals surface area contributed by atoms with E-state index in [0.29, 0.717) is 6.42 Å². The number of hydrogen-bond acceptors (Lipinski definition) is 3. The average molecular weight is 264 g/mol.